The lowest BCUT2D eigenvalue weighted by atomic mass is 9.88. The Morgan fingerprint density at radius 2 is 1.67 bits per heavy atom. The maximum absolute atomic E-state index is 13.1. The molecule has 0 radical (unpaired) electrons. The molecule has 1 amide bonds. The molecule has 4 rings (SSSR count). The van der Waals surface area contributed by atoms with E-state index in [1.54, 1.807) is 9.25 Å². The second-order valence-corrected chi connectivity index (χ2v) is 9.43. The number of benzene rings is 2. The number of nitrogens with zero attached hydrogens (tertiary/aromatic N) is 3. The van der Waals surface area contributed by atoms with Crippen molar-refractivity contribution in [3.8, 4) is 0 Å². The largest absolute Gasteiger partial charge is 0.353 e. The van der Waals surface area contributed by atoms with Gasteiger partial charge in [-0.2, -0.15) is 5.10 Å². The second kappa shape index (κ2) is 10.6. The Morgan fingerprint density at radius 1 is 1.03 bits per heavy atom. The van der Waals surface area contributed by atoms with Crippen molar-refractivity contribution in [3.63, 3.8) is 0 Å². The number of aromatic nitrogens is 3. The van der Waals surface area contributed by atoms with E-state index in [2.05, 4.69) is 48.5 Å². The first-order valence-electron chi connectivity index (χ1n) is 12.1. The number of carbonyl (C=O) groups is 1. The van der Waals surface area contributed by atoms with Gasteiger partial charge in [-0.05, 0) is 36.3 Å². The lowest BCUT2D eigenvalue weighted by Gasteiger charge is -2.21. The third kappa shape index (κ3) is 5.81. The van der Waals surface area contributed by atoms with Crippen LogP contribution >= 0.6 is 0 Å². The van der Waals surface area contributed by atoms with E-state index in [4.69, 9.17) is 0 Å². The summed E-state index contributed by atoms with van der Waals surface area (Å²) in [5, 5.41) is 7.82. The van der Waals surface area contributed by atoms with Crippen molar-refractivity contribution in [3.05, 3.63) is 88.1 Å². The summed E-state index contributed by atoms with van der Waals surface area (Å²) >= 11 is 0. The van der Waals surface area contributed by atoms with Gasteiger partial charge in [-0.3, -0.25) is 9.36 Å². The molecule has 0 spiro atoms. The molecule has 2 heterocycles. The van der Waals surface area contributed by atoms with E-state index in [9.17, 15) is 9.59 Å². The van der Waals surface area contributed by atoms with E-state index in [0.29, 0.717) is 31.8 Å². The van der Waals surface area contributed by atoms with Gasteiger partial charge in [-0.25, -0.2) is 9.48 Å². The predicted octanol–water partition coefficient (Wildman–Crippen LogP) is 4.13. The Morgan fingerprint density at radius 3 is 2.27 bits per heavy atom. The standard InChI is InChI=1S/C27H34N4O2/c1-20(2)15-18-31-27(33)30-17-16-23(13-14-25(30)29-31)28-26(32)19-24(21-9-5-3-6-10-21)22-11-7-4-8-12-22/h3-12,20,23-24H,13-19H2,1-2H3,(H,28,32). The van der Waals surface area contributed by atoms with E-state index in [1.165, 1.54) is 0 Å². The van der Waals surface area contributed by atoms with Gasteiger partial charge >= 0.3 is 5.69 Å². The SMILES string of the molecule is CC(C)CCn1nc2n(c1=O)CCC(NC(=O)CC(c1ccccc1)c1ccccc1)CC2. The predicted molar refractivity (Wildman–Crippen MR) is 130 cm³/mol. The average molecular weight is 447 g/mol. The average Bonchev–Trinajstić information content (AvgIpc) is 2.99. The van der Waals surface area contributed by atoms with E-state index in [0.717, 1.165) is 36.2 Å². The molecule has 2 aromatic carbocycles. The van der Waals surface area contributed by atoms with Crippen molar-refractivity contribution in [1.29, 1.82) is 0 Å². The first kappa shape index (κ1) is 23.0. The first-order valence-corrected chi connectivity index (χ1v) is 12.1. The fourth-order valence-electron chi connectivity index (χ4n) is 4.57. The zero-order valence-corrected chi connectivity index (χ0v) is 19.6. The molecule has 1 N–H and O–H groups in total. The molecule has 0 fully saturated rings. The number of hydrogen-bond acceptors (Lipinski definition) is 3. The van der Waals surface area contributed by atoms with Crippen LogP contribution < -0.4 is 11.0 Å². The molecular formula is C27H34N4O2. The molecule has 6 heteroatoms. The normalized spacial score (nSPS) is 15.9. The van der Waals surface area contributed by atoms with Crippen LogP contribution in [0, 0.1) is 5.92 Å². The zero-order chi connectivity index (χ0) is 23.2. The molecule has 0 saturated carbocycles. The van der Waals surface area contributed by atoms with Gasteiger partial charge in [0.1, 0.15) is 5.82 Å². The van der Waals surface area contributed by atoms with Crippen LogP contribution in [0.2, 0.25) is 0 Å². The third-order valence-electron chi connectivity index (χ3n) is 6.49. The van der Waals surface area contributed by atoms with Crippen LogP contribution in [0.4, 0.5) is 0 Å². The van der Waals surface area contributed by atoms with Gasteiger partial charge in [0, 0.05) is 37.9 Å². The zero-order valence-electron chi connectivity index (χ0n) is 19.6. The fourth-order valence-corrected chi connectivity index (χ4v) is 4.57. The van der Waals surface area contributed by atoms with E-state index in [-0.39, 0.29) is 23.6 Å². The minimum absolute atomic E-state index is 0.0155. The number of amides is 1. The van der Waals surface area contributed by atoms with Crippen LogP contribution in [0.25, 0.3) is 0 Å². The van der Waals surface area contributed by atoms with Crippen LogP contribution in [0.1, 0.15) is 62.4 Å². The highest BCUT2D eigenvalue weighted by Gasteiger charge is 2.24. The molecule has 0 bridgehead atoms. The second-order valence-electron chi connectivity index (χ2n) is 9.43. The van der Waals surface area contributed by atoms with Gasteiger partial charge in [-0.1, -0.05) is 74.5 Å². The Kier molecular flexibility index (Phi) is 7.43. The Labute approximate surface area is 195 Å². The first-order chi connectivity index (χ1) is 16.0. The number of hydrogen-bond donors (Lipinski definition) is 1. The molecule has 3 aromatic rings. The number of carbonyl (C=O) groups excluding carboxylic acids is 1. The highest BCUT2D eigenvalue weighted by atomic mass is 16.2. The molecule has 1 aromatic heterocycles. The summed E-state index contributed by atoms with van der Waals surface area (Å²) in [6, 6.07) is 20.4. The Hall–Kier alpha value is -3.15. The summed E-state index contributed by atoms with van der Waals surface area (Å²) in [4.78, 5) is 25.8. The smallest absolute Gasteiger partial charge is 0.345 e. The van der Waals surface area contributed by atoms with Crippen molar-refractivity contribution in [1.82, 2.24) is 19.7 Å². The monoisotopic (exact) mass is 446 g/mol. The summed E-state index contributed by atoms with van der Waals surface area (Å²) in [5.74, 6) is 1.44. The minimum atomic E-state index is -0.0224. The molecule has 33 heavy (non-hydrogen) atoms. The van der Waals surface area contributed by atoms with Crippen LogP contribution in [-0.4, -0.2) is 26.3 Å². The quantitative estimate of drug-likeness (QED) is 0.566. The highest BCUT2D eigenvalue weighted by molar-refractivity contribution is 5.78. The van der Waals surface area contributed by atoms with Gasteiger partial charge in [0.15, 0.2) is 0 Å². The number of aryl methyl sites for hydroxylation is 2. The van der Waals surface area contributed by atoms with Crippen molar-refractivity contribution < 1.29 is 4.79 Å². The summed E-state index contributed by atoms with van der Waals surface area (Å²) in [5.41, 5.74) is 2.26. The maximum atomic E-state index is 13.1. The lowest BCUT2D eigenvalue weighted by molar-refractivity contribution is -0.122. The Balaban J connectivity index is 1.39. The summed E-state index contributed by atoms with van der Waals surface area (Å²) in [7, 11) is 0. The number of fused-ring (bicyclic) bond motifs is 1. The Bertz CT molecular complexity index is 1060. The molecule has 1 unspecified atom stereocenters. The fraction of sp³-hybridized carbons (Fsp3) is 0.444. The van der Waals surface area contributed by atoms with E-state index < -0.39 is 0 Å². The van der Waals surface area contributed by atoms with Gasteiger partial charge < -0.3 is 5.32 Å². The van der Waals surface area contributed by atoms with Crippen LogP contribution in [-0.2, 0) is 24.3 Å². The van der Waals surface area contributed by atoms with Gasteiger partial charge in [-0.15, -0.1) is 0 Å². The molecule has 1 aliphatic heterocycles. The van der Waals surface area contributed by atoms with Crippen molar-refractivity contribution in [2.75, 3.05) is 0 Å². The molecule has 174 valence electrons. The van der Waals surface area contributed by atoms with E-state index in [1.807, 2.05) is 36.4 Å². The maximum Gasteiger partial charge on any atom is 0.345 e. The highest BCUT2D eigenvalue weighted by Crippen LogP contribution is 2.28. The number of rotatable bonds is 8. The molecule has 0 saturated heterocycles. The van der Waals surface area contributed by atoms with Gasteiger partial charge in [0.05, 0.1) is 0 Å². The van der Waals surface area contributed by atoms with E-state index >= 15 is 0 Å². The summed E-state index contributed by atoms with van der Waals surface area (Å²) < 4.78 is 3.40. The van der Waals surface area contributed by atoms with Crippen molar-refractivity contribution in [2.24, 2.45) is 5.92 Å². The summed E-state index contributed by atoms with van der Waals surface area (Å²) in [6.07, 6.45) is 3.59. The molecule has 1 atom stereocenters. The lowest BCUT2D eigenvalue weighted by Crippen LogP contribution is -2.36. The van der Waals surface area contributed by atoms with Crippen LogP contribution in [0.5, 0.6) is 0 Å². The molecular weight excluding hydrogens is 412 g/mol. The topological polar surface area (TPSA) is 68.9 Å². The summed E-state index contributed by atoms with van der Waals surface area (Å²) in [6.45, 7) is 5.57. The molecule has 1 aliphatic rings. The number of nitrogens with one attached hydrogen (secondary N) is 1. The third-order valence-corrected chi connectivity index (χ3v) is 6.49. The molecule has 0 aliphatic carbocycles. The van der Waals surface area contributed by atoms with Crippen molar-refractivity contribution in [2.45, 2.75) is 71.0 Å². The van der Waals surface area contributed by atoms with Crippen LogP contribution in [0.3, 0.4) is 0 Å². The van der Waals surface area contributed by atoms with Gasteiger partial charge in [0.25, 0.3) is 0 Å². The molecule has 6 nitrogen and oxygen atoms in total. The van der Waals surface area contributed by atoms with Gasteiger partial charge in [0.2, 0.25) is 5.91 Å². The minimum Gasteiger partial charge on any atom is -0.353 e. The van der Waals surface area contributed by atoms with Crippen molar-refractivity contribution >= 4 is 5.91 Å². The van der Waals surface area contributed by atoms with Crippen LogP contribution in [0.15, 0.2) is 65.5 Å².